The van der Waals surface area contributed by atoms with E-state index in [1.807, 2.05) is 30.5 Å². The van der Waals surface area contributed by atoms with E-state index in [-0.39, 0.29) is 0 Å². The van der Waals surface area contributed by atoms with Crippen LogP contribution >= 0.6 is 11.3 Å². The quantitative estimate of drug-likeness (QED) is 0.804. The van der Waals surface area contributed by atoms with E-state index in [9.17, 15) is 0 Å². The van der Waals surface area contributed by atoms with Crippen LogP contribution in [0.15, 0.2) is 35.0 Å². The zero-order valence-electron chi connectivity index (χ0n) is 8.57. The Bertz CT molecular complexity index is 417. The van der Waals surface area contributed by atoms with Crippen molar-refractivity contribution in [1.82, 2.24) is 0 Å². The highest BCUT2D eigenvalue weighted by molar-refractivity contribution is 7.07. The van der Waals surface area contributed by atoms with Crippen LogP contribution in [0.2, 0.25) is 0 Å². The smallest absolute Gasteiger partial charge is 0.145 e. The molecule has 0 unspecified atom stereocenters. The summed E-state index contributed by atoms with van der Waals surface area (Å²) in [6, 6.07) is 7.84. The number of hydrogen-bond acceptors (Lipinski definition) is 3. The molecule has 0 radical (unpaired) electrons. The molecule has 0 aliphatic heterocycles. The van der Waals surface area contributed by atoms with E-state index in [4.69, 9.17) is 10.5 Å². The van der Waals surface area contributed by atoms with Crippen LogP contribution in [0.1, 0.15) is 11.1 Å². The number of nitrogen functional groups attached to an aromatic ring is 1. The number of rotatable bonds is 3. The van der Waals surface area contributed by atoms with Gasteiger partial charge in [-0.05, 0) is 40.9 Å². The lowest BCUT2D eigenvalue weighted by atomic mass is 10.2. The zero-order valence-corrected chi connectivity index (χ0v) is 9.38. The number of benzene rings is 1. The zero-order chi connectivity index (χ0) is 10.7. The Morgan fingerprint density at radius 3 is 2.87 bits per heavy atom. The van der Waals surface area contributed by atoms with Crippen molar-refractivity contribution in [1.29, 1.82) is 0 Å². The van der Waals surface area contributed by atoms with Gasteiger partial charge in [-0.2, -0.15) is 11.3 Å². The second-order valence-electron chi connectivity index (χ2n) is 3.41. The van der Waals surface area contributed by atoms with Crippen LogP contribution in [0.4, 0.5) is 5.69 Å². The molecule has 0 aliphatic carbocycles. The van der Waals surface area contributed by atoms with Gasteiger partial charge in [0.25, 0.3) is 0 Å². The number of para-hydroxylation sites is 1. The van der Waals surface area contributed by atoms with E-state index in [0.29, 0.717) is 12.3 Å². The van der Waals surface area contributed by atoms with Crippen LogP contribution < -0.4 is 10.5 Å². The molecule has 0 fully saturated rings. The van der Waals surface area contributed by atoms with Crippen LogP contribution in [0.5, 0.6) is 5.75 Å². The summed E-state index contributed by atoms with van der Waals surface area (Å²) in [7, 11) is 0. The minimum atomic E-state index is 0.582. The van der Waals surface area contributed by atoms with Crippen LogP contribution in [-0.2, 0) is 6.61 Å². The molecule has 1 aromatic heterocycles. The first-order valence-electron chi connectivity index (χ1n) is 4.76. The van der Waals surface area contributed by atoms with Gasteiger partial charge in [0.05, 0.1) is 5.69 Å². The maximum Gasteiger partial charge on any atom is 0.145 e. The van der Waals surface area contributed by atoms with E-state index in [2.05, 4.69) is 11.4 Å². The molecule has 2 aromatic rings. The Labute approximate surface area is 93.3 Å². The Kier molecular flexibility index (Phi) is 2.92. The lowest BCUT2D eigenvalue weighted by Crippen LogP contribution is -1.99. The van der Waals surface area contributed by atoms with Gasteiger partial charge < -0.3 is 10.5 Å². The highest BCUT2D eigenvalue weighted by atomic mass is 32.1. The average Bonchev–Trinajstić information content (AvgIpc) is 2.70. The van der Waals surface area contributed by atoms with Crippen LogP contribution in [-0.4, -0.2) is 0 Å². The normalized spacial score (nSPS) is 10.2. The minimum Gasteiger partial charge on any atom is -0.486 e. The van der Waals surface area contributed by atoms with Gasteiger partial charge in [-0.15, -0.1) is 0 Å². The standard InChI is InChI=1S/C12H13NOS/c1-9-3-2-4-11(13)12(9)14-7-10-5-6-15-8-10/h2-6,8H,7,13H2,1H3. The topological polar surface area (TPSA) is 35.2 Å². The first kappa shape index (κ1) is 10.1. The predicted octanol–water partition coefficient (Wildman–Crippen LogP) is 3.22. The fourth-order valence-corrected chi connectivity index (χ4v) is 2.06. The lowest BCUT2D eigenvalue weighted by molar-refractivity contribution is 0.306. The molecule has 0 atom stereocenters. The van der Waals surface area contributed by atoms with Crippen molar-refractivity contribution in [2.75, 3.05) is 5.73 Å². The van der Waals surface area contributed by atoms with Gasteiger partial charge in [0.15, 0.2) is 0 Å². The van der Waals surface area contributed by atoms with Gasteiger partial charge in [0.2, 0.25) is 0 Å². The maximum atomic E-state index is 5.84. The highest BCUT2D eigenvalue weighted by Gasteiger charge is 2.03. The SMILES string of the molecule is Cc1cccc(N)c1OCc1ccsc1. The van der Waals surface area contributed by atoms with Gasteiger partial charge in [0.1, 0.15) is 12.4 Å². The van der Waals surface area contributed by atoms with Gasteiger partial charge in [-0.3, -0.25) is 0 Å². The Balaban J connectivity index is 2.11. The molecule has 2 N–H and O–H groups in total. The van der Waals surface area contributed by atoms with Crippen molar-refractivity contribution in [3.05, 3.63) is 46.2 Å². The summed E-state index contributed by atoms with van der Waals surface area (Å²) in [5, 5.41) is 4.12. The fourth-order valence-electron chi connectivity index (χ4n) is 1.40. The Morgan fingerprint density at radius 2 is 2.20 bits per heavy atom. The van der Waals surface area contributed by atoms with E-state index >= 15 is 0 Å². The van der Waals surface area contributed by atoms with Gasteiger partial charge in [-0.25, -0.2) is 0 Å². The number of nitrogens with two attached hydrogens (primary N) is 1. The third-order valence-electron chi connectivity index (χ3n) is 2.21. The van der Waals surface area contributed by atoms with Crippen molar-refractivity contribution in [2.45, 2.75) is 13.5 Å². The second kappa shape index (κ2) is 4.36. The molecule has 3 heteroatoms. The molecule has 0 spiro atoms. The lowest BCUT2D eigenvalue weighted by Gasteiger charge is -2.10. The molecule has 2 nitrogen and oxygen atoms in total. The summed E-state index contributed by atoms with van der Waals surface area (Å²) in [5.41, 5.74) is 8.80. The number of ether oxygens (including phenoxy) is 1. The number of thiophene rings is 1. The summed E-state index contributed by atoms with van der Waals surface area (Å²) >= 11 is 1.67. The van der Waals surface area contributed by atoms with E-state index in [1.165, 1.54) is 5.56 Å². The average molecular weight is 219 g/mol. The molecule has 2 rings (SSSR count). The first-order valence-corrected chi connectivity index (χ1v) is 5.70. The molecular weight excluding hydrogens is 206 g/mol. The Hall–Kier alpha value is -1.48. The second-order valence-corrected chi connectivity index (χ2v) is 4.19. The van der Waals surface area contributed by atoms with E-state index in [1.54, 1.807) is 11.3 Å². The number of aryl methyl sites for hydroxylation is 1. The number of hydrogen-bond donors (Lipinski definition) is 1. The monoisotopic (exact) mass is 219 g/mol. The number of anilines is 1. The molecule has 0 amide bonds. The fraction of sp³-hybridized carbons (Fsp3) is 0.167. The molecule has 78 valence electrons. The van der Waals surface area contributed by atoms with Gasteiger partial charge in [0, 0.05) is 0 Å². The van der Waals surface area contributed by atoms with Crippen molar-refractivity contribution in [3.63, 3.8) is 0 Å². The van der Waals surface area contributed by atoms with Gasteiger partial charge in [-0.1, -0.05) is 12.1 Å². The maximum absolute atomic E-state index is 5.84. The van der Waals surface area contributed by atoms with Crippen molar-refractivity contribution in [3.8, 4) is 5.75 Å². The third-order valence-corrected chi connectivity index (χ3v) is 2.94. The predicted molar refractivity (Wildman–Crippen MR) is 64.2 cm³/mol. The van der Waals surface area contributed by atoms with Crippen LogP contribution in [0.25, 0.3) is 0 Å². The van der Waals surface area contributed by atoms with Crippen LogP contribution in [0, 0.1) is 6.92 Å². The minimum absolute atomic E-state index is 0.582. The Morgan fingerprint density at radius 1 is 1.33 bits per heavy atom. The molecule has 0 bridgehead atoms. The highest BCUT2D eigenvalue weighted by Crippen LogP contribution is 2.26. The van der Waals surface area contributed by atoms with Crippen molar-refractivity contribution >= 4 is 17.0 Å². The summed E-state index contributed by atoms with van der Waals surface area (Å²) in [6.07, 6.45) is 0. The third kappa shape index (κ3) is 2.30. The molecule has 0 aliphatic rings. The summed E-state index contributed by atoms with van der Waals surface area (Å²) in [6.45, 7) is 2.58. The van der Waals surface area contributed by atoms with E-state index < -0.39 is 0 Å². The molecular formula is C12H13NOS. The summed E-state index contributed by atoms with van der Waals surface area (Å²) in [4.78, 5) is 0. The molecule has 0 saturated carbocycles. The van der Waals surface area contributed by atoms with Crippen molar-refractivity contribution < 1.29 is 4.74 Å². The summed E-state index contributed by atoms with van der Waals surface area (Å²) < 4.78 is 5.69. The molecule has 0 saturated heterocycles. The first-order chi connectivity index (χ1) is 7.27. The largest absolute Gasteiger partial charge is 0.486 e. The van der Waals surface area contributed by atoms with Crippen LogP contribution in [0.3, 0.4) is 0 Å². The van der Waals surface area contributed by atoms with E-state index in [0.717, 1.165) is 11.3 Å². The molecule has 15 heavy (non-hydrogen) atoms. The summed E-state index contributed by atoms with van der Waals surface area (Å²) in [5.74, 6) is 0.795. The van der Waals surface area contributed by atoms with Gasteiger partial charge >= 0.3 is 0 Å². The molecule has 1 heterocycles. The molecule has 1 aromatic carbocycles. The van der Waals surface area contributed by atoms with Crippen molar-refractivity contribution in [2.24, 2.45) is 0 Å².